The molecule has 7 heteroatoms. The summed E-state index contributed by atoms with van der Waals surface area (Å²) in [6, 6.07) is 7.26. The fourth-order valence-corrected chi connectivity index (χ4v) is 2.26. The third-order valence-corrected chi connectivity index (χ3v) is 3.69. The van der Waals surface area contributed by atoms with Crippen LogP contribution in [-0.2, 0) is 10.0 Å². The molecule has 1 rings (SSSR count). The normalized spacial score (nSPS) is 14.8. The van der Waals surface area contributed by atoms with E-state index in [2.05, 4.69) is 4.72 Å². The van der Waals surface area contributed by atoms with Crippen molar-refractivity contribution in [1.29, 1.82) is 5.26 Å². The number of nitrogens with one attached hydrogen (secondary N) is 1. The van der Waals surface area contributed by atoms with E-state index in [1.165, 1.54) is 31.2 Å². The third kappa shape index (κ3) is 3.78. The summed E-state index contributed by atoms with van der Waals surface area (Å²) < 4.78 is 25.8. The number of hydrogen-bond donors (Lipinski definition) is 3. The van der Waals surface area contributed by atoms with Gasteiger partial charge in [0.15, 0.2) is 0 Å². The molecule has 0 amide bonds. The summed E-state index contributed by atoms with van der Waals surface area (Å²) in [5.41, 5.74) is -1.16. The van der Waals surface area contributed by atoms with Crippen LogP contribution >= 0.6 is 0 Å². The molecule has 0 radical (unpaired) electrons. The Hall–Kier alpha value is -1.46. The Bertz CT molecular complexity index is 543. The molecule has 3 N–H and O–H groups in total. The molecule has 1 atom stereocenters. The third-order valence-electron chi connectivity index (χ3n) is 2.28. The van der Waals surface area contributed by atoms with Gasteiger partial charge in [-0.1, -0.05) is 0 Å². The van der Waals surface area contributed by atoms with E-state index in [0.29, 0.717) is 5.56 Å². The van der Waals surface area contributed by atoms with Crippen LogP contribution in [0.3, 0.4) is 0 Å². The number of sulfonamides is 1. The lowest BCUT2D eigenvalue weighted by molar-refractivity contribution is 0.00681. The highest BCUT2D eigenvalue weighted by molar-refractivity contribution is 7.89. The minimum absolute atomic E-state index is 0.00441. The van der Waals surface area contributed by atoms with Gasteiger partial charge in [0.1, 0.15) is 0 Å². The van der Waals surface area contributed by atoms with Crippen LogP contribution in [0.25, 0.3) is 0 Å². The Morgan fingerprint density at radius 2 is 1.94 bits per heavy atom. The molecule has 0 spiro atoms. The monoisotopic (exact) mass is 270 g/mol. The van der Waals surface area contributed by atoms with Gasteiger partial charge in [0.05, 0.1) is 28.7 Å². The molecule has 0 aliphatic heterocycles. The number of nitriles is 1. The van der Waals surface area contributed by atoms with E-state index in [1.807, 2.05) is 6.07 Å². The molecule has 1 aromatic carbocycles. The van der Waals surface area contributed by atoms with Gasteiger partial charge in [-0.2, -0.15) is 5.26 Å². The molecule has 18 heavy (non-hydrogen) atoms. The van der Waals surface area contributed by atoms with E-state index in [9.17, 15) is 13.5 Å². The lowest BCUT2D eigenvalue weighted by Gasteiger charge is -2.20. The van der Waals surface area contributed by atoms with Crippen molar-refractivity contribution < 1.29 is 18.6 Å². The molecule has 0 aromatic heterocycles. The fourth-order valence-electron chi connectivity index (χ4n) is 1.10. The predicted octanol–water partition coefficient (Wildman–Crippen LogP) is -0.420. The van der Waals surface area contributed by atoms with Gasteiger partial charge in [-0.15, -0.1) is 0 Å². The Morgan fingerprint density at radius 3 is 2.39 bits per heavy atom. The summed E-state index contributed by atoms with van der Waals surface area (Å²) in [4.78, 5) is -0.00441. The van der Waals surface area contributed by atoms with Crippen molar-refractivity contribution in [3.05, 3.63) is 29.8 Å². The summed E-state index contributed by atoms with van der Waals surface area (Å²) in [6.07, 6.45) is 0. The topological polar surface area (TPSA) is 110 Å². The maximum absolute atomic E-state index is 11.8. The highest BCUT2D eigenvalue weighted by atomic mass is 32.2. The number of hydrogen-bond acceptors (Lipinski definition) is 5. The van der Waals surface area contributed by atoms with Crippen LogP contribution in [0.4, 0.5) is 0 Å². The lowest BCUT2D eigenvalue weighted by Crippen LogP contribution is -2.43. The zero-order valence-corrected chi connectivity index (χ0v) is 10.6. The van der Waals surface area contributed by atoms with E-state index in [0.717, 1.165) is 0 Å². The van der Waals surface area contributed by atoms with Crippen LogP contribution in [0.2, 0.25) is 0 Å². The van der Waals surface area contributed by atoms with Crippen LogP contribution in [0.15, 0.2) is 29.2 Å². The molecule has 0 aliphatic rings. The van der Waals surface area contributed by atoms with E-state index in [1.54, 1.807) is 0 Å². The minimum Gasteiger partial charge on any atom is -0.393 e. The molecule has 0 fully saturated rings. The van der Waals surface area contributed by atoms with Gasteiger partial charge in [-0.25, -0.2) is 13.1 Å². The van der Waals surface area contributed by atoms with Gasteiger partial charge >= 0.3 is 0 Å². The van der Waals surface area contributed by atoms with Crippen LogP contribution < -0.4 is 4.72 Å². The number of aliphatic hydroxyl groups is 2. The first kappa shape index (κ1) is 14.6. The zero-order valence-electron chi connectivity index (χ0n) is 9.79. The van der Waals surface area contributed by atoms with Crippen molar-refractivity contribution in [3.8, 4) is 6.07 Å². The number of benzene rings is 1. The van der Waals surface area contributed by atoms with Crippen molar-refractivity contribution in [2.45, 2.75) is 17.4 Å². The van der Waals surface area contributed by atoms with Gasteiger partial charge < -0.3 is 10.2 Å². The molecule has 1 unspecified atom stereocenters. The summed E-state index contributed by atoms with van der Waals surface area (Å²) in [5.74, 6) is 0. The SMILES string of the molecule is CC(O)(CO)CNS(=O)(=O)c1ccc(C#N)cc1. The molecule has 6 nitrogen and oxygen atoms in total. The summed E-state index contributed by atoms with van der Waals surface area (Å²) >= 11 is 0. The first-order valence-electron chi connectivity index (χ1n) is 5.14. The fraction of sp³-hybridized carbons (Fsp3) is 0.364. The maximum Gasteiger partial charge on any atom is 0.240 e. The predicted molar refractivity (Wildman–Crippen MR) is 64.1 cm³/mol. The molecule has 0 saturated carbocycles. The van der Waals surface area contributed by atoms with E-state index in [-0.39, 0.29) is 11.4 Å². The summed E-state index contributed by atoms with van der Waals surface area (Å²) in [7, 11) is -3.76. The summed E-state index contributed by atoms with van der Waals surface area (Å²) in [5, 5.41) is 26.9. The van der Waals surface area contributed by atoms with Crippen LogP contribution in [0, 0.1) is 11.3 Å². The average Bonchev–Trinajstić information content (AvgIpc) is 2.37. The van der Waals surface area contributed by atoms with Crippen LogP contribution in [-0.4, -0.2) is 37.4 Å². The van der Waals surface area contributed by atoms with Crippen LogP contribution in [0.1, 0.15) is 12.5 Å². The van der Waals surface area contributed by atoms with E-state index >= 15 is 0 Å². The molecule has 0 bridgehead atoms. The number of nitrogens with zero attached hydrogens (tertiary/aromatic N) is 1. The molecule has 98 valence electrons. The van der Waals surface area contributed by atoms with Crippen molar-refractivity contribution in [2.75, 3.05) is 13.2 Å². The van der Waals surface area contributed by atoms with Gasteiger partial charge in [0.25, 0.3) is 0 Å². The molecule has 0 heterocycles. The van der Waals surface area contributed by atoms with Gasteiger partial charge in [0, 0.05) is 6.54 Å². The quantitative estimate of drug-likeness (QED) is 0.673. The van der Waals surface area contributed by atoms with Gasteiger partial charge in [-0.05, 0) is 31.2 Å². The Morgan fingerprint density at radius 1 is 1.39 bits per heavy atom. The summed E-state index contributed by atoms with van der Waals surface area (Å²) in [6.45, 7) is 0.461. The number of aliphatic hydroxyl groups excluding tert-OH is 1. The lowest BCUT2D eigenvalue weighted by atomic mass is 10.1. The second kappa shape index (κ2) is 5.46. The van der Waals surface area contributed by atoms with Crippen molar-refractivity contribution in [1.82, 2.24) is 4.72 Å². The standard InChI is InChI=1S/C11H14N2O4S/c1-11(15,8-14)7-13-18(16,17)10-4-2-9(6-12)3-5-10/h2-5,13-15H,7-8H2,1H3. The molecular formula is C11H14N2O4S. The van der Waals surface area contributed by atoms with Crippen molar-refractivity contribution in [2.24, 2.45) is 0 Å². The van der Waals surface area contributed by atoms with Gasteiger partial charge in [0.2, 0.25) is 10.0 Å². The largest absolute Gasteiger partial charge is 0.393 e. The maximum atomic E-state index is 11.8. The zero-order chi connectivity index (χ0) is 13.8. The van der Waals surface area contributed by atoms with Crippen molar-refractivity contribution >= 4 is 10.0 Å². The second-order valence-corrected chi connectivity index (χ2v) is 5.88. The van der Waals surface area contributed by atoms with Crippen LogP contribution in [0.5, 0.6) is 0 Å². The highest BCUT2D eigenvalue weighted by Gasteiger charge is 2.23. The molecule has 0 saturated heterocycles. The minimum atomic E-state index is -3.76. The smallest absolute Gasteiger partial charge is 0.240 e. The van der Waals surface area contributed by atoms with Gasteiger partial charge in [-0.3, -0.25) is 0 Å². The Balaban J connectivity index is 2.84. The number of rotatable bonds is 5. The van der Waals surface area contributed by atoms with Crippen molar-refractivity contribution in [3.63, 3.8) is 0 Å². The molecular weight excluding hydrogens is 256 g/mol. The molecule has 1 aromatic rings. The Kier molecular flexibility index (Phi) is 4.43. The Labute approximate surface area is 106 Å². The highest BCUT2D eigenvalue weighted by Crippen LogP contribution is 2.11. The second-order valence-electron chi connectivity index (χ2n) is 4.12. The average molecular weight is 270 g/mol. The van der Waals surface area contributed by atoms with E-state index < -0.39 is 22.2 Å². The first-order chi connectivity index (χ1) is 8.30. The molecule has 0 aliphatic carbocycles. The van der Waals surface area contributed by atoms with E-state index in [4.69, 9.17) is 10.4 Å². The first-order valence-corrected chi connectivity index (χ1v) is 6.62.